The molecule has 2 aromatic heterocycles. The number of hydrogen-bond acceptors (Lipinski definition) is 7. The average molecular weight is 450 g/mol. The van der Waals surface area contributed by atoms with Gasteiger partial charge in [0.25, 0.3) is 0 Å². The fourth-order valence-corrected chi connectivity index (χ4v) is 3.26. The van der Waals surface area contributed by atoms with Crippen LogP contribution in [0.4, 0.5) is 23.0 Å². The molecule has 0 aliphatic heterocycles. The summed E-state index contributed by atoms with van der Waals surface area (Å²) in [4.78, 5) is 25.3. The summed E-state index contributed by atoms with van der Waals surface area (Å²) >= 11 is 0. The third-order valence-corrected chi connectivity index (χ3v) is 5.08. The zero-order chi connectivity index (χ0) is 24.0. The highest BCUT2D eigenvalue weighted by atomic mass is 16.5. The fraction of sp³-hybridized carbons (Fsp3) is 0.292. The van der Waals surface area contributed by atoms with E-state index in [0.717, 1.165) is 30.0 Å². The van der Waals surface area contributed by atoms with Gasteiger partial charge in [0.2, 0.25) is 11.9 Å². The van der Waals surface area contributed by atoms with Crippen LogP contribution in [0.25, 0.3) is 11.3 Å². The van der Waals surface area contributed by atoms with Gasteiger partial charge in [-0.2, -0.15) is 0 Å². The van der Waals surface area contributed by atoms with Crippen molar-refractivity contribution in [1.82, 2.24) is 19.4 Å². The van der Waals surface area contributed by atoms with Gasteiger partial charge in [-0.25, -0.2) is 9.97 Å². The summed E-state index contributed by atoms with van der Waals surface area (Å²) in [5.41, 5.74) is 3.88. The highest BCUT2D eigenvalue weighted by Gasteiger charge is 2.16. The van der Waals surface area contributed by atoms with Crippen molar-refractivity contribution in [1.29, 1.82) is 0 Å². The van der Waals surface area contributed by atoms with E-state index in [0.29, 0.717) is 23.1 Å². The van der Waals surface area contributed by atoms with E-state index in [4.69, 9.17) is 4.74 Å². The Hall–Kier alpha value is -3.85. The number of anilines is 4. The van der Waals surface area contributed by atoms with Crippen molar-refractivity contribution in [3.05, 3.63) is 55.5 Å². The number of aryl methyl sites for hydroxylation is 1. The molecule has 0 atom stereocenters. The molecule has 3 aromatic rings. The molecule has 0 aliphatic rings. The molecule has 0 bridgehead atoms. The quantitative estimate of drug-likeness (QED) is 0.459. The molecule has 0 unspecified atom stereocenters. The van der Waals surface area contributed by atoms with Gasteiger partial charge < -0.3 is 29.7 Å². The second kappa shape index (κ2) is 10.6. The van der Waals surface area contributed by atoms with Crippen LogP contribution in [0.3, 0.4) is 0 Å². The lowest BCUT2D eigenvalue weighted by molar-refractivity contribution is -0.111. The molecule has 3 rings (SSSR count). The van der Waals surface area contributed by atoms with Gasteiger partial charge >= 0.3 is 0 Å². The number of methoxy groups -OCH3 is 1. The molecule has 1 aromatic carbocycles. The van der Waals surface area contributed by atoms with Crippen molar-refractivity contribution in [2.45, 2.75) is 0 Å². The Labute approximate surface area is 194 Å². The maximum Gasteiger partial charge on any atom is 0.247 e. The Kier molecular flexibility index (Phi) is 7.68. The number of rotatable bonds is 10. The van der Waals surface area contributed by atoms with E-state index in [-0.39, 0.29) is 5.91 Å². The smallest absolute Gasteiger partial charge is 0.247 e. The largest absolute Gasteiger partial charge is 0.494 e. The van der Waals surface area contributed by atoms with Gasteiger partial charge in [0.15, 0.2) is 0 Å². The Morgan fingerprint density at radius 1 is 1.21 bits per heavy atom. The number of nitrogens with one attached hydrogen (secondary N) is 2. The highest BCUT2D eigenvalue weighted by molar-refractivity contribution is 6.02. The fourth-order valence-electron chi connectivity index (χ4n) is 3.26. The van der Waals surface area contributed by atoms with Crippen LogP contribution in [0.1, 0.15) is 0 Å². The van der Waals surface area contributed by atoms with Gasteiger partial charge in [0, 0.05) is 57.4 Å². The van der Waals surface area contributed by atoms with Gasteiger partial charge in [-0.1, -0.05) is 6.58 Å². The predicted molar refractivity (Wildman–Crippen MR) is 133 cm³/mol. The van der Waals surface area contributed by atoms with E-state index in [1.807, 2.05) is 69.4 Å². The van der Waals surface area contributed by atoms with Gasteiger partial charge in [-0.3, -0.25) is 4.79 Å². The number of likely N-dealkylation sites (N-methyl/N-ethyl adjacent to an activating group) is 2. The number of benzene rings is 1. The second-order valence-corrected chi connectivity index (χ2v) is 7.94. The molecule has 0 saturated carbocycles. The Morgan fingerprint density at radius 2 is 2.00 bits per heavy atom. The first-order valence-corrected chi connectivity index (χ1v) is 10.5. The van der Waals surface area contributed by atoms with Gasteiger partial charge in [0.05, 0.1) is 29.9 Å². The van der Waals surface area contributed by atoms with Crippen LogP contribution in [0.5, 0.6) is 5.75 Å². The summed E-state index contributed by atoms with van der Waals surface area (Å²) in [7, 11) is 9.58. The van der Waals surface area contributed by atoms with Crippen LogP contribution >= 0.6 is 0 Å². The second-order valence-electron chi connectivity index (χ2n) is 7.94. The number of carbonyl (C=O) groups excluding carboxylic acids is 1. The average Bonchev–Trinajstić information content (AvgIpc) is 3.24. The summed E-state index contributed by atoms with van der Waals surface area (Å²) in [6.07, 6.45) is 6.91. The summed E-state index contributed by atoms with van der Waals surface area (Å²) in [6.45, 7) is 5.18. The molecule has 33 heavy (non-hydrogen) atoms. The van der Waals surface area contributed by atoms with Gasteiger partial charge in [-0.15, -0.1) is 0 Å². The zero-order valence-corrected chi connectivity index (χ0v) is 19.8. The number of nitrogens with zero attached hydrogens (tertiary/aromatic N) is 5. The lowest BCUT2D eigenvalue weighted by Gasteiger charge is -2.26. The van der Waals surface area contributed by atoms with Crippen LogP contribution in [0, 0.1) is 0 Å². The number of hydrogen-bond donors (Lipinski definition) is 2. The minimum atomic E-state index is -0.296. The van der Waals surface area contributed by atoms with Crippen molar-refractivity contribution >= 4 is 28.9 Å². The standard InChI is InChI=1S/C24H31N7O2/c1-7-23(32)26-19-14-20(22(33-6)15-21(19)31(5)13-12-29(2)3)28-24-25-10-8-18(27-24)17-9-11-30(4)16-17/h7-11,14-16H,1,12-13H2,2-6H3,(H,26,32)(H,25,27,28). The number of ether oxygens (including phenoxy) is 1. The van der Waals surface area contributed by atoms with Crippen LogP contribution in [0.2, 0.25) is 0 Å². The SMILES string of the molecule is C=CC(=O)Nc1cc(Nc2nccc(-c3ccn(C)c3)n2)c(OC)cc1N(C)CCN(C)C. The molecule has 2 heterocycles. The van der Waals surface area contributed by atoms with Crippen LogP contribution in [-0.2, 0) is 11.8 Å². The summed E-state index contributed by atoms with van der Waals surface area (Å²) in [5.74, 6) is 0.729. The van der Waals surface area contributed by atoms with E-state index in [1.54, 1.807) is 13.3 Å². The van der Waals surface area contributed by atoms with E-state index in [1.165, 1.54) is 6.08 Å². The number of carbonyl (C=O) groups is 1. The molecular formula is C24H31N7O2. The minimum Gasteiger partial charge on any atom is -0.494 e. The van der Waals surface area contributed by atoms with E-state index in [9.17, 15) is 4.79 Å². The van der Waals surface area contributed by atoms with Gasteiger partial charge in [0.1, 0.15) is 5.75 Å². The first-order chi connectivity index (χ1) is 15.8. The van der Waals surface area contributed by atoms with Crippen molar-refractivity contribution in [3.8, 4) is 17.0 Å². The summed E-state index contributed by atoms with van der Waals surface area (Å²) < 4.78 is 7.61. The molecule has 0 saturated heterocycles. The lowest BCUT2D eigenvalue weighted by atomic mass is 10.2. The number of aromatic nitrogens is 3. The van der Waals surface area contributed by atoms with Crippen molar-refractivity contribution in [3.63, 3.8) is 0 Å². The number of amides is 1. The molecule has 0 fully saturated rings. The van der Waals surface area contributed by atoms with Gasteiger partial charge in [-0.05, 0) is 38.4 Å². The Bertz CT molecular complexity index is 1120. The highest BCUT2D eigenvalue weighted by Crippen LogP contribution is 2.38. The summed E-state index contributed by atoms with van der Waals surface area (Å²) in [5, 5.41) is 6.13. The van der Waals surface area contributed by atoms with Crippen molar-refractivity contribution in [2.75, 3.05) is 56.9 Å². The molecule has 174 valence electrons. The first kappa shape index (κ1) is 23.8. The van der Waals surface area contributed by atoms with Crippen molar-refractivity contribution < 1.29 is 9.53 Å². The molecule has 1 amide bonds. The zero-order valence-electron chi connectivity index (χ0n) is 19.8. The first-order valence-electron chi connectivity index (χ1n) is 10.5. The Morgan fingerprint density at radius 3 is 2.64 bits per heavy atom. The van der Waals surface area contributed by atoms with E-state index < -0.39 is 0 Å². The maximum atomic E-state index is 12.1. The molecule has 0 spiro atoms. The van der Waals surface area contributed by atoms with Crippen LogP contribution < -0.4 is 20.3 Å². The van der Waals surface area contributed by atoms with Crippen LogP contribution in [-0.4, -0.2) is 66.7 Å². The lowest BCUT2D eigenvalue weighted by Crippen LogP contribution is -2.29. The van der Waals surface area contributed by atoms with Crippen molar-refractivity contribution in [2.24, 2.45) is 7.05 Å². The molecule has 2 N–H and O–H groups in total. The molecule has 0 radical (unpaired) electrons. The van der Waals surface area contributed by atoms with E-state index >= 15 is 0 Å². The van der Waals surface area contributed by atoms with Crippen LogP contribution in [0.15, 0.2) is 55.5 Å². The minimum absolute atomic E-state index is 0.296. The maximum absolute atomic E-state index is 12.1. The normalized spacial score (nSPS) is 10.7. The summed E-state index contributed by atoms with van der Waals surface area (Å²) in [6, 6.07) is 7.56. The molecule has 9 heteroatoms. The monoisotopic (exact) mass is 449 g/mol. The third-order valence-electron chi connectivity index (χ3n) is 5.08. The third kappa shape index (κ3) is 6.11. The van der Waals surface area contributed by atoms with E-state index in [2.05, 4.69) is 37.0 Å². The Balaban J connectivity index is 1.96. The predicted octanol–water partition coefficient (Wildman–Crippen LogP) is 3.36. The molecule has 0 aliphatic carbocycles. The molecule has 9 nitrogen and oxygen atoms in total. The molecular weight excluding hydrogens is 418 g/mol. The topological polar surface area (TPSA) is 87.5 Å².